The zero-order valence-corrected chi connectivity index (χ0v) is 36.5. The van der Waals surface area contributed by atoms with E-state index in [1.807, 2.05) is 37.3 Å². The first-order valence-corrected chi connectivity index (χ1v) is 21.8. The van der Waals surface area contributed by atoms with Crippen molar-refractivity contribution in [1.82, 2.24) is 9.78 Å². The number of phenolic OH excluding ortho intramolecular Hbond substituents is 1. The van der Waals surface area contributed by atoms with Crippen LogP contribution in [0.1, 0.15) is 52.7 Å². The molecule has 0 spiro atoms. The third-order valence-electron chi connectivity index (χ3n) is 13.7. The van der Waals surface area contributed by atoms with Crippen molar-refractivity contribution < 1.29 is 38.6 Å². The Bertz CT molecular complexity index is 2970. The molecule has 0 bridgehead atoms. The molecule has 2 aromatic heterocycles. The third kappa shape index (κ3) is 5.92. The molecule has 63 heavy (non-hydrogen) atoms. The lowest BCUT2D eigenvalue weighted by Crippen LogP contribution is -2.49. The normalized spacial score (nSPS) is 24.1. The molecule has 0 radical (unpaired) electrons. The Morgan fingerprint density at radius 1 is 0.857 bits per heavy atom. The molecule has 2 aliphatic heterocycles. The number of ether oxygens (including phenoxy) is 2. The van der Waals surface area contributed by atoms with Gasteiger partial charge in [-0.3, -0.25) is 33.6 Å². The van der Waals surface area contributed by atoms with E-state index in [-0.39, 0.29) is 47.6 Å². The van der Waals surface area contributed by atoms with Crippen LogP contribution >= 0.6 is 22.9 Å². The first kappa shape index (κ1) is 40.5. The summed E-state index contributed by atoms with van der Waals surface area (Å²) in [5.41, 5.74) is 2.56. The highest BCUT2D eigenvalue weighted by Crippen LogP contribution is 2.66. The number of fused-ring (bicyclic) bond motifs is 5. The van der Waals surface area contributed by atoms with Gasteiger partial charge in [0.2, 0.25) is 23.6 Å². The first-order valence-electron chi connectivity index (χ1n) is 20.6. The van der Waals surface area contributed by atoms with Gasteiger partial charge in [0.15, 0.2) is 5.78 Å². The van der Waals surface area contributed by atoms with Gasteiger partial charge in [-0.1, -0.05) is 53.6 Å². The van der Waals surface area contributed by atoms with Crippen molar-refractivity contribution in [2.45, 2.75) is 32.6 Å². The monoisotopic (exact) mass is 880 g/mol. The summed E-state index contributed by atoms with van der Waals surface area (Å²) in [6.07, 6.45) is 2.26. The Morgan fingerprint density at radius 2 is 1.54 bits per heavy atom. The summed E-state index contributed by atoms with van der Waals surface area (Å²) < 4.78 is 14.3. The molecule has 6 aromatic rings. The average molecular weight is 881 g/mol. The fourth-order valence-electron chi connectivity index (χ4n) is 10.7. The smallest absolute Gasteiger partial charge is 0.242 e. The van der Waals surface area contributed by atoms with Crippen LogP contribution in [0.5, 0.6) is 17.2 Å². The quantitative estimate of drug-likeness (QED) is 0.0901. The summed E-state index contributed by atoms with van der Waals surface area (Å²) >= 11 is 7.89. The molecule has 2 aliphatic carbocycles. The van der Waals surface area contributed by atoms with Gasteiger partial charge in [-0.2, -0.15) is 5.10 Å². The van der Waals surface area contributed by atoms with Gasteiger partial charge in [-0.25, -0.2) is 4.90 Å². The van der Waals surface area contributed by atoms with E-state index in [1.165, 1.54) is 40.8 Å². The Labute approximate surface area is 371 Å². The van der Waals surface area contributed by atoms with Gasteiger partial charge in [-0.05, 0) is 86.0 Å². The maximum atomic E-state index is 15.4. The van der Waals surface area contributed by atoms with Crippen LogP contribution in [0.3, 0.4) is 0 Å². The summed E-state index contributed by atoms with van der Waals surface area (Å²) in [6.45, 7) is 3.77. The second-order valence-corrected chi connectivity index (χ2v) is 18.4. The number of benzene rings is 4. The second kappa shape index (κ2) is 14.8. The van der Waals surface area contributed by atoms with E-state index in [0.29, 0.717) is 33.1 Å². The van der Waals surface area contributed by atoms with E-state index in [2.05, 4.69) is 0 Å². The lowest BCUT2D eigenvalue weighted by molar-refractivity contribution is -0.131. The molecular formula is C49H41ClN4O8S. The van der Waals surface area contributed by atoms with Gasteiger partial charge in [0.05, 0.1) is 48.0 Å². The number of aromatic nitrogens is 2. The highest BCUT2D eigenvalue weighted by atomic mass is 35.5. The number of carbonyl (C=O) groups excluding carboxylic acids is 5. The molecule has 4 amide bonds. The number of aryl methyl sites for hydroxylation is 2. The summed E-state index contributed by atoms with van der Waals surface area (Å²) in [7, 11) is 4.60. The van der Waals surface area contributed by atoms with Crippen molar-refractivity contribution in [1.29, 1.82) is 0 Å². The molecule has 1 saturated carbocycles. The van der Waals surface area contributed by atoms with E-state index >= 15 is 9.59 Å². The minimum atomic E-state index is -1.44. The largest absolute Gasteiger partial charge is 0.508 e. The van der Waals surface area contributed by atoms with Crippen LogP contribution < -0.4 is 19.3 Å². The molecule has 10 rings (SSSR count). The number of methoxy groups -OCH3 is 2. The van der Waals surface area contributed by atoms with Gasteiger partial charge in [0.1, 0.15) is 28.8 Å². The lowest BCUT2D eigenvalue weighted by atomic mass is 9.51. The molecule has 2 saturated heterocycles. The zero-order valence-electron chi connectivity index (χ0n) is 34.9. The fourth-order valence-corrected chi connectivity index (χ4v) is 12.1. The van der Waals surface area contributed by atoms with E-state index in [1.54, 1.807) is 79.9 Å². The Balaban J connectivity index is 1.06. The number of amides is 4. The number of anilines is 2. The highest BCUT2D eigenvalue weighted by Gasteiger charge is 2.68. The number of aromatic hydroxyl groups is 1. The number of nitrogens with zero attached hydrogens (tertiary/aromatic N) is 4. The van der Waals surface area contributed by atoms with E-state index < -0.39 is 52.7 Å². The maximum absolute atomic E-state index is 15.4. The second-order valence-electron chi connectivity index (χ2n) is 16.9. The molecule has 1 N–H and O–H groups in total. The number of ketones is 1. The van der Waals surface area contributed by atoms with Gasteiger partial charge >= 0.3 is 0 Å². The first-order chi connectivity index (χ1) is 30.3. The number of carbonyl (C=O) groups is 5. The summed E-state index contributed by atoms with van der Waals surface area (Å²) in [4.78, 5) is 76.3. The van der Waals surface area contributed by atoms with Crippen LogP contribution in [-0.4, -0.2) is 58.5 Å². The number of halogens is 1. The standard InChI is InChI=1S/C49H41ClN4O8S/c1-24-32-19-27(50)13-18-38(32)63-44(24)35-23-39(52(3)51-35)54-46(58)34-22-33-30(42(49(34,2)48(54)60)41-36(61-4)20-29(55)21-37(41)62-5)16-17-31-40(33)47(59)53(45(31)57)28-14-11-26(12-15-28)43(56)25-9-7-6-8-10-25/h6-16,18-21,23,31,33-34,40,42,55H,17,22H2,1-5H3/t31-,33+,34-,40-,42+,49+/m0/s1. The third-order valence-corrected chi connectivity index (χ3v) is 15.3. The van der Waals surface area contributed by atoms with Crippen LogP contribution in [-0.2, 0) is 26.2 Å². The molecule has 4 aromatic carbocycles. The molecule has 0 unspecified atom stereocenters. The van der Waals surface area contributed by atoms with E-state index in [0.717, 1.165) is 26.1 Å². The lowest BCUT2D eigenvalue weighted by Gasteiger charge is -2.49. The molecule has 3 fully saturated rings. The minimum Gasteiger partial charge on any atom is -0.508 e. The SMILES string of the molecule is COc1cc(O)cc(OC)c1[C@H]1C2=CC[C@@H]3C(=O)N(c4ccc(C(=O)c5ccccc5)cc4)C(=O)[C@@H]3[C@@H]2C[C@H]2C(=O)N(c3cc(-c4sc5ccc(Cl)cc5c4C)nn3C)C(=O)[C@@]12C. The fraction of sp³-hybridized carbons (Fsp3) is 0.265. The van der Waals surface area contributed by atoms with Gasteiger partial charge in [0, 0.05) is 57.6 Å². The summed E-state index contributed by atoms with van der Waals surface area (Å²) in [5, 5.41) is 17.2. The molecule has 4 aliphatic rings. The van der Waals surface area contributed by atoms with Crippen LogP contribution in [0.2, 0.25) is 5.02 Å². The van der Waals surface area contributed by atoms with Gasteiger partial charge in [0.25, 0.3) is 0 Å². The maximum Gasteiger partial charge on any atom is 0.242 e. The number of hydrogen-bond donors (Lipinski definition) is 1. The minimum absolute atomic E-state index is 0.113. The topological polar surface area (TPSA) is 148 Å². The number of allylic oxidation sites excluding steroid dienone is 2. The molecule has 12 nitrogen and oxygen atoms in total. The number of rotatable bonds is 8. The molecule has 14 heteroatoms. The van der Waals surface area contributed by atoms with Crippen molar-refractivity contribution in [2.24, 2.45) is 36.1 Å². The van der Waals surface area contributed by atoms with Crippen LogP contribution in [0, 0.1) is 36.0 Å². The predicted molar refractivity (Wildman–Crippen MR) is 238 cm³/mol. The Hall–Kier alpha value is -6.57. The van der Waals surface area contributed by atoms with Gasteiger partial charge in [-0.15, -0.1) is 11.3 Å². The zero-order chi connectivity index (χ0) is 44.2. The van der Waals surface area contributed by atoms with Crippen LogP contribution in [0.15, 0.2) is 103 Å². The van der Waals surface area contributed by atoms with Gasteiger partial charge < -0.3 is 14.6 Å². The number of imide groups is 2. The highest BCUT2D eigenvalue weighted by molar-refractivity contribution is 7.22. The van der Waals surface area contributed by atoms with E-state index in [4.69, 9.17) is 26.2 Å². The molecule has 6 atom stereocenters. The number of phenols is 1. The Morgan fingerprint density at radius 3 is 2.22 bits per heavy atom. The summed E-state index contributed by atoms with van der Waals surface area (Å²) in [5.74, 6) is -5.30. The average Bonchev–Trinajstić information content (AvgIpc) is 3.96. The Kier molecular flexibility index (Phi) is 9.50. The molecule has 318 valence electrons. The van der Waals surface area contributed by atoms with Crippen LogP contribution in [0.4, 0.5) is 11.5 Å². The number of thiophene rings is 1. The number of hydrogen-bond acceptors (Lipinski definition) is 10. The van der Waals surface area contributed by atoms with Crippen LogP contribution in [0.25, 0.3) is 20.7 Å². The van der Waals surface area contributed by atoms with Crippen molar-refractivity contribution in [2.75, 3.05) is 24.0 Å². The summed E-state index contributed by atoms with van der Waals surface area (Å²) in [6, 6.07) is 25.6. The predicted octanol–water partition coefficient (Wildman–Crippen LogP) is 8.65. The van der Waals surface area contributed by atoms with E-state index in [9.17, 15) is 19.5 Å². The van der Waals surface area contributed by atoms with Crippen molar-refractivity contribution >= 4 is 73.9 Å². The van der Waals surface area contributed by atoms with Crippen molar-refractivity contribution in [3.05, 3.63) is 130 Å². The molecule has 4 heterocycles. The molecular weight excluding hydrogens is 840 g/mol. The van der Waals surface area contributed by atoms with Crippen molar-refractivity contribution in [3.8, 4) is 27.8 Å². The van der Waals surface area contributed by atoms with Crippen molar-refractivity contribution in [3.63, 3.8) is 0 Å².